The maximum Gasteiger partial charge on any atom is 0.0429 e. The summed E-state index contributed by atoms with van der Waals surface area (Å²) in [5, 5.41) is 0. The van der Waals surface area contributed by atoms with Crippen molar-refractivity contribution in [2.45, 2.75) is 46.6 Å². The number of aryl methyl sites for hydroxylation is 3. The van der Waals surface area contributed by atoms with Crippen LogP contribution in [-0.4, -0.2) is 24.5 Å². The Morgan fingerprint density at radius 2 is 1.89 bits per heavy atom. The van der Waals surface area contributed by atoms with Gasteiger partial charge in [-0.05, 0) is 62.8 Å². The van der Waals surface area contributed by atoms with E-state index in [0.29, 0.717) is 0 Å². The SMILES string of the molecule is Cc1cc(C)c(C(N)CN2CCCC(C)C2)c(C)c1. The number of nitrogens with two attached hydrogens (primary N) is 1. The highest BCUT2D eigenvalue weighted by atomic mass is 15.1. The Bertz CT molecular complexity index is 416. The van der Waals surface area contributed by atoms with Crippen LogP contribution in [0, 0.1) is 26.7 Å². The lowest BCUT2D eigenvalue weighted by atomic mass is 9.93. The topological polar surface area (TPSA) is 29.3 Å². The Balaban J connectivity index is 2.09. The van der Waals surface area contributed by atoms with Gasteiger partial charge in [0.25, 0.3) is 0 Å². The fourth-order valence-electron chi connectivity index (χ4n) is 3.60. The summed E-state index contributed by atoms with van der Waals surface area (Å²) in [4.78, 5) is 2.54. The van der Waals surface area contributed by atoms with E-state index >= 15 is 0 Å². The van der Waals surface area contributed by atoms with Crippen LogP contribution < -0.4 is 5.73 Å². The van der Waals surface area contributed by atoms with Gasteiger partial charge >= 0.3 is 0 Å². The van der Waals surface area contributed by atoms with E-state index in [4.69, 9.17) is 5.73 Å². The molecule has 1 aromatic rings. The Morgan fingerprint density at radius 1 is 1.26 bits per heavy atom. The van der Waals surface area contributed by atoms with Crippen LogP contribution in [0.1, 0.15) is 48.1 Å². The van der Waals surface area contributed by atoms with Gasteiger partial charge in [-0.1, -0.05) is 24.6 Å². The van der Waals surface area contributed by atoms with Gasteiger partial charge in [-0.25, -0.2) is 0 Å². The quantitative estimate of drug-likeness (QED) is 0.903. The van der Waals surface area contributed by atoms with Gasteiger partial charge in [0.05, 0.1) is 0 Å². The zero-order valence-electron chi connectivity index (χ0n) is 12.9. The van der Waals surface area contributed by atoms with Crippen LogP contribution in [-0.2, 0) is 0 Å². The van der Waals surface area contributed by atoms with Crippen molar-refractivity contribution < 1.29 is 0 Å². The van der Waals surface area contributed by atoms with Gasteiger partial charge in [0, 0.05) is 19.1 Å². The summed E-state index contributed by atoms with van der Waals surface area (Å²) in [6.45, 7) is 12.3. The molecule has 2 N–H and O–H groups in total. The van der Waals surface area contributed by atoms with Gasteiger partial charge in [-0.15, -0.1) is 0 Å². The Labute approximate surface area is 118 Å². The van der Waals surface area contributed by atoms with Crippen molar-refractivity contribution in [3.8, 4) is 0 Å². The van der Waals surface area contributed by atoms with Gasteiger partial charge in [-0.3, -0.25) is 0 Å². The van der Waals surface area contributed by atoms with Crippen LogP contribution in [0.3, 0.4) is 0 Å². The number of hydrogen-bond acceptors (Lipinski definition) is 2. The van der Waals surface area contributed by atoms with Crippen molar-refractivity contribution in [2.75, 3.05) is 19.6 Å². The predicted molar refractivity (Wildman–Crippen MR) is 82.4 cm³/mol. The molecule has 0 aliphatic carbocycles. The van der Waals surface area contributed by atoms with Crippen molar-refractivity contribution in [3.63, 3.8) is 0 Å². The minimum atomic E-state index is 0.144. The number of nitrogens with zero attached hydrogens (tertiary/aromatic N) is 1. The lowest BCUT2D eigenvalue weighted by Gasteiger charge is -2.33. The summed E-state index contributed by atoms with van der Waals surface area (Å²) >= 11 is 0. The molecule has 1 heterocycles. The summed E-state index contributed by atoms with van der Waals surface area (Å²) in [7, 11) is 0. The maximum absolute atomic E-state index is 6.48. The second-order valence-corrected chi connectivity index (χ2v) is 6.43. The highest BCUT2D eigenvalue weighted by molar-refractivity contribution is 5.39. The molecule has 1 saturated heterocycles. The van der Waals surface area contributed by atoms with Crippen LogP contribution in [0.5, 0.6) is 0 Å². The molecule has 0 amide bonds. The third kappa shape index (κ3) is 3.58. The molecule has 2 nitrogen and oxygen atoms in total. The summed E-state index contributed by atoms with van der Waals surface area (Å²) in [6.07, 6.45) is 2.69. The second kappa shape index (κ2) is 6.06. The first-order chi connectivity index (χ1) is 8.97. The molecule has 0 saturated carbocycles. The van der Waals surface area contributed by atoms with Gasteiger partial charge in [0.2, 0.25) is 0 Å². The monoisotopic (exact) mass is 260 g/mol. The van der Waals surface area contributed by atoms with E-state index in [2.05, 4.69) is 44.7 Å². The molecule has 0 spiro atoms. The standard InChI is InChI=1S/C17H28N2/c1-12-6-5-7-19(10-12)11-16(18)17-14(3)8-13(2)9-15(17)4/h8-9,12,16H,5-7,10-11,18H2,1-4H3. The maximum atomic E-state index is 6.48. The van der Waals surface area contributed by atoms with Crippen molar-refractivity contribution in [1.82, 2.24) is 4.90 Å². The summed E-state index contributed by atoms with van der Waals surface area (Å²) in [5.74, 6) is 0.821. The number of piperidine rings is 1. The zero-order chi connectivity index (χ0) is 14.0. The molecular formula is C17H28N2. The van der Waals surface area contributed by atoms with E-state index in [9.17, 15) is 0 Å². The molecule has 1 aliphatic rings. The minimum absolute atomic E-state index is 0.144. The van der Waals surface area contributed by atoms with E-state index in [0.717, 1.165) is 12.5 Å². The van der Waals surface area contributed by atoms with E-state index in [1.807, 2.05) is 0 Å². The predicted octanol–water partition coefficient (Wildman–Crippen LogP) is 3.34. The highest BCUT2D eigenvalue weighted by Crippen LogP contribution is 2.24. The molecular weight excluding hydrogens is 232 g/mol. The largest absolute Gasteiger partial charge is 0.323 e. The normalized spacial score (nSPS) is 22.5. The average molecular weight is 260 g/mol. The Hall–Kier alpha value is -0.860. The van der Waals surface area contributed by atoms with Gasteiger partial charge in [0.15, 0.2) is 0 Å². The summed E-state index contributed by atoms with van der Waals surface area (Å²) in [6, 6.07) is 4.65. The van der Waals surface area contributed by atoms with Crippen LogP contribution in [0.4, 0.5) is 0 Å². The molecule has 19 heavy (non-hydrogen) atoms. The van der Waals surface area contributed by atoms with E-state index in [1.54, 1.807) is 0 Å². The number of rotatable bonds is 3. The molecule has 1 fully saturated rings. The van der Waals surface area contributed by atoms with Crippen molar-refractivity contribution in [3.05, 3.63) is 34.4 Å². The minimum Gasteiger partial charge on any atom is -0.323 e. The van der Waals surface area contributed by atoms with E-state index in [-0.39, 0.29) is 6.04 Å². The van der Waals surface area contributed by atoms with Gasteiger partial charge in [0.1, 0.15) is 0 Å². The molecule has 2 unspecified atom stereocenters. The molecule has 1 aromatic carbocycles. The van der Waals surface area contributed by atoms with Crippen molar-refractivity contribution >= 4 is 0 Å². The van der Waals surface area contributed by atoms with Crippen molar-refractivity contribution in [2.24, 2.45) is 11.7 Å². The smallest absolute Gasteiger partial charge is 0.0429 e. The van der Waals surface area contributed by atoms with Crippen LogP contribution in [0.15, 0.2) is 12.1 Å². The van der Waals surface area contributed by atoms with Gasteiger partial charge < -0.3 is 10.6 Å². The first-order valence-electron chi connectivity index (χ1n) is 7.53. The van der Waals surface area contributed by atoms with E-state index in [1.165, 1.54) is 48.2 Å². The second-order valence-electron chi connectivity index (χ2n) is 6.43. The molecule has 1 aliphatic heterocycles. The molecule has 0 radical (unpaired) electrons. The first-order valence-corrected chi connectivity index (χ1v) is 7.53. The number of hydrogen-bond donors (Lipinski definition) is 1. The molecule has 0 bridgehead atoms. The molecule has 2 rings (SSSR count). The lowest BCUT2D eigenvalue weighted by Crippen LogP contribution is -2.39. The Morgan fingerprint density at radius 3 is 2.47 bits per heavy atom. The van der Waals surface area contributed by atoms with Crippen LogP contribution in [0.2, 0.25) is 0 Å². The third-order valence-corrected chi connectivity index (χ3v) is 4.30. The molecule has 106 valence electrons. The van der Waals surface area contributed by atoms with E-state index < -0.39 is 0 Å². The van der Waals surface area contributed by atoms with Crippen molar-refractivity contribution in [1.29, 1.82) is 0 Å². The number of likely N-dealkylation sites (tertiary alicyclic amines) is 1. The number of benzene rings is 1. The highest BCUT2D eigenvalue weighted by Gasteiger charge is 2.20. The fourth-order valence-corrected chi connectivity index (χ4v) is 3.60. The molecule has 2 heteroatoms. The summed E-state index contributed by atoms with van der Waals surface area (Å²) < 4.78 is 0. The Kier molecular flexibility index (Phi) is 4.64. The summed E-state index contributed by atoms with van der Waals surface area (Å²) in [5.41, 5.74) is 11.8. The fraction of sp³-hybridized carbons (Fsp3) is 0.647. The van der Waals surface area contributed by atoms with Gasteiger partial charge in [-0.2, -0.15) is 0 Å². The zero-order valence-corrected chi connectivity index (χ0v) is 12.9. The van der Waals surface area contributed by atoms with Crippen LogP contribution in [0.25, 0.3) is 0 Å². The lowest BCUT2D eigenvalue weighted by molar-refractivity contribution is 0.174. The third-order valence-electron chi connectivity index (χ3n) is 4.30. The average Bonchev–Trinajstić information content (AvgIpc) is 2.27. The molecule has 2 atom stereocenters. The first kappa shape index (κ1) is 14.5. The van der Waals surface area contributed by atoms with Crippen LogP contribution >= 0.6 is 0 Å². The molecule has 0 aromatic heterocycles.